The van der Waals surface area contributed by atoms with Crippen LogP contribution >= 0.6 is 0 Å². The third-order valence-electron chi connectivity index (χ3n) is 6.13. The number of hydrogen-bond acceptors (Lipinski definition) is 5. The second-order valence-corrected chi connectivity index (χ2v) is 8.53. The van der Waals surface area contributed by atoms with Crippen LogP contribution in [0.1, 0.15) is 84.5 Å². The van der Waals surface area contributed by atoms with E-state index in [4.69, 9.17) is 4.42 Å². The maximum absolute atomic E-state index is 13.0. The molecule has 1 unspecified atom stereocenters. The number of anilines is 1. The Bertz CT molecular complexity index is 1050. The third kappa shape index (κ3) is 4.58. The van der Waals surface area contributed by atoms with Crippen molar-refractivity contribution >= 4 is 17.4 Å². The minimum absolute atomic E-state index is 0.121. The Morgan fingerprint density at radius 2 is 1.97 bits per heavy atom. The van der Waals surface area contributed by atoms with Gasteiger partial charge in [0.15, 0.2) is 5.78 Å². The number of Topliss-reactive ketones (excluding diaryl/α,β-unsaturated/α-hetero) is 1. The largest absolute Gasteiger partial charge is 0.506 e. The lowest BCUT2D eigenvalue weighted by Gasteiger charge is -2.21. The van der Waals surface area contributed by atoms with Gasteiger partial charge in [-0.2, -0.15) is 0 Å². The van der Waals surface area contributed by atoms with Gasteiger partial charge in [0.25, 0.3) is 0 Å². The molecule has 6 nitrogen and oxygen atoms in total. The second-order valence-electron chi connectivity index (χ2n) is 8.53. The highest BCUT2D eigenvalue weighted by atomic mass is 16.4. The SMILES string of the molecule is [CH2]CCC(=O)Nc1cccc(C(c2c(O)c3c(oc2=O)CCCCCC3=O)C2CC2)c1. The van der Waals surface area contributed by atoms with Gasteiger partial charge in [0.05, 0.1) is 11.1 Å². The predicted octanol–water partition coefficient (Wildman–Crippen LogP) is 4.74. The van der Waals surface area contributed by atoms with Crippen molar-refractivity contribution in [1.82, 2.24) is 0 Å². The maximum atomic E-state index is 13.0. The van der Waals surface area contributed by atoms with Crippen LogP contribution in [0.4, 0.5) is 5.69 Å². The predicted molar refractivity (Wildman–Crippen MR) is 117 cm³/mol. The first kappa shape index (κ1) is 21.3. The molecule has 4 rings (SSSR count). The first-order chi connectivity index (χ1) is 15.0. The maximum Gasteiger partial charge on any atom is 0.343 e. The molecule has 2 aliphatic carbocycles. The van der Waals surface area contributed by atoms with Crippen LogP contribution in [0.15, 0.2) is 33.5 Å². The van der Waals surface area contributed by atoms with Crippen LogP contribution in [-0.2, 0) is 11.2 Å². The van der Waals surface area contributed by atoms with E-state index in [-0.39, 0.29) is 40.4 Å². The van der Waals surface area contributed by atoms with E-state index < -0.39 is 5.63 Å². The zero-order valence-corrected chi connectivity index (χ0v) is 17.6. The second kappa shape index (κ2) is 9.08. The molecule has 0 aliphatic heterocycles. The molecule has 1 radical (unpaired) electrons. The summed E-state index contributed by atoms with van der Waals surface area (Å²) in [5, 5.41) is 14.0. The van der Waals surface area contributed by atoms with E-state index in [1.54, 1.807) is 6.07 Å². The quantitative estimate of drug-likeness (QED) is 0.701. The Kier molecular flexibility index (Phi) is 6.25. The Balaban J connectivity index is 1.77. The average molecular weight is 423 g/mol. The standard InChI is InChI=1S/C25H28NO5/c1-2-7-20(28)26-17-9-6-8-16(14-17)21(15-12-13-15)23-24(29)22-18(27)10-4-3-5-11-19(22)31-25(23)30/h6,8-9,14-15,21,29H,1-5,7,10-13H2,(H,26,28). The molecular weight excluding hydrogens is 394 g/mol. The van der Waals surface area contributed by atoms with Crippen molar-refractivity contribution in [2.24, 2.45) is 5.92 Å². The van der Waals surface area contributed by atoms with E-state index in [1.165, 1.54) is 0 Å². The number of carbonyl (C=O) groups excluding carboxylic acids is 2. The van der Waals surface area contributed by atoms with E-state index in [0.29, 0.717) is 37.1 Å². The summed E-state index contributed by atoms with van der Waals surface area (Å²) in [7, 11) is 0. The minimum Gasteiger partial charge on any atom is -0.506 e. The zero-order chi connectivity index (χ0) is 22.0. The van der Waals surface area contributed by atoms with Crippen molar-refractivity contribution in [2.75, 3.05) is 5.32 Å². The lowest BCUT2D eigenvalue weighted by Crippen LogP contribution is -2.21. The molecule has 1 atom stereocenters. The molecule has 31 heavy (non-hydrogen) atoms. The highest BCUT2D eigenvalue weighted by Crippen LogP contribution is 2.49. The highest BCUT2D eigenvalue weighted by Gasteiger charge is 2.39. The van der Waals surface area contributed by atoms with Crippen molar-refractivity contribution in [1.29, 1.82) is 0 Å². The molecule has 1 fully saturated rings. The fourth-order valence-electron chi connectivity index (χ4n) is 4.49. The molecule has 1 aromatic heterocycles. The van der Waals surface area contributed by atoms with E-state index in [1.807, 2.05) is 18.2 Å². The van der Waals surface area contributed by atoms with E-state index >= 15 is 0 Å². The number of hydrogen-bond donors (Lipinski definition) is 2. The molecule has 0 saturated heterocycles. The Morgan fingerprint density at radius 1 is 1.19 bits per heavy atom. The summed E-state index contributed by atoms with van der Waals surface area (Å²) in [6.07, 6.45) is 5.99. The Morgan fingerprint density at radius 3 is 2.71 bits per heavy atom. The smallest absolute Gasteiger partial charge is 0.343 e. The fourth-order valence-corrected chi connectivity index (χ4v) is 4.49. The third-order valence-corrected chi connectivity index (χ3v) is 6.13. The molecule has 1 amide bonds. The molecule has 1 saturated carbocycles. The Labute approximate surface area is 181 Å². The molecule has 2 N–H and O–H groups in total. The first-order valence-electron chi connectivity index (χ1n) is 11.1. The Hall–Kier alpha value is -2.89. The van der Waals surface area contributed by atoms with Gasteiger partial charge in [-0.05, 0) is 55.7 Å². The van der Waals surface area contributed by atoms with Crippen LogP contribution in [0.5, 0.6) is 5.75 Å². The van der Waals surface area contributed by atoms with Gasteiger partial charge in [-0.1, -0.05) is 25.5 Å². The van der Waals surface area contributed by atoms with Gasteiger partial charge in [0.1, 0.15) is 11.5 Å². The lowest BCUT2D eigenvalue weighted by atomic mass is 9.85. The number of amides is 1. The van der Waals surface area contributed by atoms with Crippen molar-refractivity contribution in [3.63, 3.8) is 0 Å². The number of aryl methyl sites for hydroxylation is 1. The average Bonchev–Trinajstić information content (AvgIpc) is 3.54. The normalized spacial score (nSPS) is 17.4. The molecule has 163 valence electrons. The van der Waals surface area contributed by atoms with Crippen LogP contribution in [0.25, 0.3) is 0 Å². The molecule has 0 bridgehead atoms. The highest BCUT2D eigenvalue weighted by molar-refractivity contribution is 6.00. The minimum atomic E-state index is -0.576. The number of benzene rings is 1. The van der Waals surface area contributed by atoms with Gasteiger partial charge in [-0.3, -0.25) is 9.59 Å². The molecular formula is C25H28NO5. The molecule has 1 aromatic carbocycles. The number of carbonyl (C=O) groups is 2. The van der Waals surface area contributed by atoms with Gasteiger partial charge in [-0.15, -0.1) is 0 Å². The monoisotopic (exact) mass is 422 g/mol. The first-order valence-corrected chi connectivity index (χ1v) is 11.1. The summed E-state index contributed by atoms with van der Waals surface area (Å²) in [6.45, 7) is 3.70. The number of nitrogens with one attached hydrogen (secondary N) is 1. The van der Waals surface area contributed by atoms with Gasteiger partial charge in [-0.25, -0.2) is 4.79 Å². The van der Waals surface area contributed by atoms with E-state index in [9.17, 15) is 19.5 Å². The van der Waals surface area contributed by atoms with Crippen LogP contribution in [-0.4, -0.2) is 16.8 Å². The summed E-state index contributed by atoms with van der Waals surface area (Å²) in [4.78, 5) is 37.7. The van der Waals surface area contributed by atoms with Crippen molar-refractivity contribution in [2.45, 2.75) is 63.7 Å². The summed E-state index contributed by atoms with van der Waals surface area (Å²) < 4.78 is 5.61. The lowest BCUT2D eigenvalue weighted by molar-refractivity contribution is -0.116. The summed E-state index contributed by atoms with van der Waals surface area (Å²) in [5.41, 5.74) is 1.22. The molecule has 2 aliphatic rings. The van der Waals surface area contributed by atoms with E-state index in [2.05, 4.69) is 12.2 Å². The van der Waals surface area contributed by atoms with Gasteiger partial charge >= 0.3 is 5.63 Å². The molecule has 1 heterocycles. The molecule has 6 heteroatoms. The fraction of sp³-hybridized carbons (Fsp3) is 0.440. The van der Waals surface area contributed by atoms with Crippen molar-refractivity contribution in [3.8, 4) is 5.75 Å². The topological polar surface area (TPSA) is 96.6 Å². The van der Waals surface area contributed by atoms with E-state index in [0.717, 1.165) is 37.7 Å². The number of ketones is 1. The van der Waals surface area contributed by atoms with Crippen LogP contribution < -0.4 is 10.9 Å². The van der Waals surface area contributed by atoms with Crippen LogP contribution in [0, 0.1) is 12.8 Å². The number of rotatable bonds is 6. The summed E-state index contributed by atoms with van der Waals surface area (Å²) in [5.74, 6) is -0.405. The van der Waals surface area contributed by atoms with Crippen molar-refractivity contribution in [3.05, 3.63) is 64.1 Å². The molecule has 0 spiro atoms. The van der Waals surface area contributed by atoms with Gasteiger partial charge in [0, 0.05) is 30.9 Å². The van der Waals surface area contributed by atoms with Gasteiger partial charge in [0.2, 0.25) is 5.91 Å². The van der Waals surface area contributed by atoms with Crippen molar-refractivity contribution < 1.29 is 19.1 Å². The number of aromatic hydroxyl groups is 1. The number of fused-ring (bicyclic) bond motifs is 1. The summed E-state index contributed by atoms with van der Waals surface area (Å²) >= 11 is 0. The van der Waals surface area contributed by atoms with Crippen LogP contribution in [0.2, 0.25) is 0 Å². The zero-order valence-electron chi connectivity index (χ0n) is 17.6. The summed E-state index contributed by atoms with van der Waals surface area (Å²) in [6, 6.07) is 7.33. The van der Waals surface area contributed by atoms with Crippen LogP contribution in [0.3, 0.4) is 0 Å². The molecule has 2 aromatic rings. The van der Waals surface area contributed by atoms with Gasteiger partial charge < -0.3 is 14.8 Å².